The quantitative estimate of drug-likeness (QED) is 0.288. The van der Waals surface area contributed by atoms with Gasteiger partial charge in [-0.15, -0.1) is 0 Å². The van der Waals surface area contributed by atoms with Gasteiger partial charge in [-0.3, -0.25) is 4.68 Å². The number of hydrogen-bond acceptors (Lipinski definition) is 2. The summed E-state index contributed by atoms with van der Waals surface area (Å²) in [5.41, 5.74) is -4.39. The van der Waals surface area contributed by atoms with Crippen molar-refractivity contribution in [3.63, 3.8) is 0 Å². The summed E-state index contributed by atoms with van der Waals surface area (Å²) in [4.78, 5) is 0. The first-order chi connectivity index (χ1) is 13.5. The third-order valence-electron chi connectivity index (χ3n) is 4.26. The van der Waals surface area contributed by atoms with Gasteiger partial charge in [-0.2, -0.15) is 36.7 Å². The second-order valence-electron chi connectivity index (χ2n) is 7.21. The molecule has 2 aromatic rings. The molecule has 11 heteroatoms. The Bertz CT molecular complexity index is 1110. The van der Waals surface area contributed by atoms with Gasteiger partial charge in [0.1, 0.15) is 11.3 Å². The Kier molecular flexibility index (Phi) is 6.29. The smallest absolute Gasteiger partial charge is 0.262 e. The van der Waals surface area contributed by atoms with Crippen LogP contribution in [0.3, 0.4) is 0 Å². The molecule has 30 heavy (non-hydrogen) atoms. The van der Waals surface area contributed by atoms with Crippen LogP contribution in [0.4, 0.5) is 26.3 Å². The summed E-state index contributed by atoms with van der Waals surface area (Å²) < 4.78 is 81.1. The van der Waals surface area contributed by atoms with Gasteiger partial charge in [0.2, 0.25) is 0 Å². The fourth-order valence-electron chi connectivity index (χ4n) is 2.85. The van der Waals surface area contributed by atoms with Crippen molar-refractivity contribution in [3.8, 4) is 17.3 Å². The number of hydrogen-bond donors (Lipinski definition) is 0. The van der Waals surface area contributed by atoms with Crippen LogP contribution >= 0.6 is 18.5 Å². The predicted octanol–water partition coefficient (Wildman–Crippen LogP) is 6.66. The number of nitrogens with zero attached hydrogens (tertiary/aromatic N) is 3. The molecule has 2 rings (SSSR count). The van der Waals surface area contributed by atoms with Crippen LogP contribution in [0.15, 0.2) is 17.4 Å². The highest BCUT2D eigenvalue weighted by Gasteiger charge is 2.49. The Morgan fingerprint density at radius 2 is 1.77 bits per heavy atom. The van der Waals surface area contributed by atoms with Crippen molar-refractivity contribution in [2.24, 2.45) is 7.05 Å². The number of benzene rings is 1. The van der Waals surface area contributed by atoms with Gasteiger partial charge in [-0.1, -0.05) is 24.8 Å². The first-order valence-corrected chi connectivity index (χ1v) is 11.6. The summed E-state index contributed by atoms with van der Waals surface area (Å²) in [6, 6.07) is 4.54. The van der Waals surface area contributed by atoms with E-state index in [0.29, 0.717) is 5.31 Å². The maximum absolute atomic E-state index is 13.6. The van der Waals surface area contributed by atoms with Gasteiger partial charge in [0.25, 0.3) is 0 Å². The Labute approximate surface area is 174 Å². The van der Waals surface area contributed by atoms with E-state index in [1.807, 2.05) is 6.07 Å². The molecule has 0 unspecified atom stereocenters. The van der Waals surface area contributed by atoms with E-state index in [-0.39, 0.29) is 26.4 Å². The number of aromatic nitrogens is 2. The average molecular weight is 468 g/mol. The van der Waals surface area contributed by atoms with Gasteiger partial charge in [0.15, 0.2) is 5.69 Å². The van der Waals surface area contributed by atoms with Gasteiger partial charge in [-0.25, -0.2) is 0 Å². The van der Waals surface area contributed by atoms with E-state index in [0.717, 1.165) is 7.05 Å². The molecule has 0 N–H and O–H groups in total. The number of alkyl halides is 6. The van der Waals surface area contributed by atoms with E-state index in [2.05, 4.69) is 11.4 Å². The van der Waals surface area contributed by atoms with Gasteiger partial charge >= 0.3 is 12.4 Å². The first-order valence-electron chi connectivity index (χ1n) is 8.31. The van der Waals surface area contributed by atoms with E-state index >= 15 is 0 Å². The van der Waals surface area contributed by atoms with Crippen LogP contribution < -0.4 is 0 Å². The number of aryl methyl sites for hydroxylation is 2. The fraction of sp³-hybridized carbons (Fsp3) is 0.316. The summed E-state index contributed by atoms with van der Waals surface area (Å²) in [6.07, 6.45) is -5.22. The topological polar surface area (TPSA) is 41.6 Å². The zero-order chi connectivity index (χ0) is 23.2. The van der Waals surface area contributed by atoms with Crippen molar-refractivity contribution < 1.29 is 26.3 Å². The molecule has 0 fully saturated rings. The number of allylic oxidation sites excluding steroid dienone is 1. The van der Waals surface area contributed by atoms with Crippen LogP contribution in [0.25, 0.3) is 17.3 Å². The number of rotatable bonds is 3. The van der Waals surface area contributed by atoms with Crippen molar-refractivity contribution in [2.45, 2.75) is 19.3 Å². The lowest BCUT2D eigenvalue weighted by molar-refractivity contribution is -0.165. The summed E-state index contributed by atoms with van der Waals surface area (Å²) in [5, 5.41) is 13.3. The number of halogens is 7. The van der Waals surface area contributed by atoms with Crippen LogP contribution in [0.5, 0.6) is 0 Å². The summed E-state index contributed by atoms with van der Waals surface area (Å²) in [6.45, 7) is 2.92. The first kappa shape index (κ1) is 24.1. The van der Waals surface area contributed by atoms with Crippen LogP contribution in [0.1, 0.15) is 22.4 Å². The predicted molar refractivity (Wildman–Crippen MR) is 108 cm³/mol. The van der Waals surface area contributed by atoms with Crippen LogP contribution in [-0.2, 0) is 19.4 Å². The molecule has 0 aliphatic carbocycles. The Balaban J connectivity index is 2.90. The highest BCUT2D eigenvalue weighted by atomic mass is 35.5. The molecule has 162 valence electrons. The third-order valence-corrected chi connectivity index (χ3v) is 6.12. The van der Waals surface area contributed by atoms with Crippen LogP contribution in [0, 0.1) is 18.3 Å². The van der Waals surface area contributed by atoms with Gasteiger partial charge in [0, 0.05) is 17.6 Å². The van der Waals surface area contributed by atoms with Gasteiger partial charge in [-0.05, 0) is 49.6 Å². The monoisotopic (exact) mass is 467 g/mol. The lowest BCUT2D eigenvalue weighted by atomic mass is 9.98. The molecule has 0 radical (unpaired) electrons. The molecule has 0 aliphatic rings. The standard InChI is InChI=1S/C19H17ClF6N3P/c1-10-6-14(20)11(7-12(9-27)30(3,4)5)8-13(10)16-15(18(21,22)23)17(19(24,25)26)29(2)28-16/h6-8H,3H2,1-2,4-5H3/b12-7+. The number of nitriles is 1. The minimum absolute atomic E-state index is 0.137. The largest absolute Gasteiger partial charge is 0.433 e. The lowest BCUT2D eigenvalue weighted by Crippen LogP contribution is -2.19. The zero-order valence-corrected chi connectivity index (χ0v) is 18.0. The SMILES string of the molecule is C=P(C)(C)/C(C#N)=C/c1cc(-c2nn(C)c(C(F)(F)F)c2C(F)(F)F)c(C)cc1Cl. The Morgan fingerprint density at radius 3 is 2.20 bits per heavy atom. The minimum atomic E-state index is -5.30. The molecular weight excluding hydrogens is 451 g/mol. The van der Waals surface area contributed by atoms with E-state index in [1.54, 1.807) is 13.3 Å². The molecule has 1 heterocycles. The Hall–Kier alpha value is -2.17. The second kappa shape index (κ2) is 7.82. The molecule has 0 aliphatic heterocycles. The average Bonchev–Trinajstić information content (AvgIpc) is 2.90. The highest BCUT2D eigenvalue weighted by molar-refractivity contribution is 7.76. The van der Waals surface area contributed by atoms with Gasteiger partial charge in [0.05, 0.1) is 11.4 Å². The molecule has 0 atom stereocenters. The van der Waals surface area contributed by atoms with E-state index in [4.69, 9.17) is 11.6 Å². The maximum atomic E-state index is 13.6. The van der Waals surface area contributed by atoms with Crippen molar-refractivity contribution in [2.75, 3.05) is 13.3 Å². The molecule has 0 spiro atoms. The van der Waals surface area contributed by atoms with Crippen molar-refractivity contribution in [1.82, 2.24) is 9.78 Å². The third kappa shape index (κ3) is 4.76. The van der Waals surface area contributed by atoms with Crippen LogP contribution in [0.2, 0.25) is 5.02 Å². The molecule has 0 bridgehead atoms. The van der Waals surface area contributed by atoms with Gasteiger partial charge < -0.3 is 0 Å². The minimum Gasteiger partial charge on any atom is -0.262 e. The summed E-state index contributed by atoms with van der Waals surface area (Å²) in [7, 11) is 0.803. The second-order valence-corrected chi connectivity index (χ2v) is 11.5. The van der Waals surface area contributed by atoms with Crippen molar-refractivity contribution >= 4 is 30.9 Å². The van der Waals surface area contributed by atoms with E-state index in [9.17, 15) is 31.6 Å². The molecule has 0 saturated carbocycles. The summed E-state index contributed by atoms with van der Waals surface area (Å²) in [5.74, 6) is 0. The Morgan fingerprint density at radius 1 is 1.20 bits per heavy atom. The molecule has 0 saturated heterocycles. The molecule has 3 nitrogen and oxygen atoms in total. The van der Waals surface area contributed by atoms with Crippen molar-refractivity contribution in [1.29, 1.82) is 5.26 Å². The van der Waals surface area contributed by atoms with E-state index in [1.165, 1.54) is 25.1 Å². The maximum Gasteiger partial charge on any atom is 0.433 e. The van der Waals surface area contributed by atoms with E-state index < -0.39 is 36.2 Å². The normalized spacial score (nSPS) is 13.5. The highest BCUT2D eigenvalue weighted by Crippen LogP contribution is 2.48. The summed E-state index contributed by atoms with van der Waals surface area (Å²) >= 11 is 6.19. The molecular formula is C19H17ClF6N3P. The van der Waals surface area contributed by atoms with Crippen LogP contribution in [-0.4, -0.2) is 29.4 Å². The zero-order valence-electron chi connectivity index (χ0n) is 16.4. The van der Waals surface area contributed by atoms with Crippen molar-refractivity contribution in [3.05, 3.63) is 44.9 Å². The molecule has 1 aromatic carbocycles. The fourth-order valence-corrected chi connectivity index (χ4v) is 3.88. The lowest BCUT2D eigenvalue weighted by Gasteiger charge is -2.15. The molecule has 0 amide bonds. The molecule has 1 aromatic heterocycles.